The summed E-state index contributed by atoms with van der Waals surface area (Å²) in [5.41, 5.74) is 3.24. The average molecular weight is 282 g/mol. The minimum Gasteiger partial charge on any atom is -0.294 e. The van der Waals surface area contributed by atoms with Gasteiger partial charge in [-0.2, -0.15) is 0 Å². The van der Waals surface area contributed by atoms with Crippen LogP contribution in [0.1, 0.15) is 17.3 Å². The van der Waals surface area contributed by atoms with Gasteiger partial charge in [-0.25, -0.2) is 4.98 Å². The summed E-state index contributed by atoms with van der Waals surface area (Å²) < 4.78 is 0. The first kappa shape index (κ1) is 12.8. The smallest absolute Gasteiger partial charge is 0.161 e. The van der Waals surface area contributed by atoms with Gasteiger partial charge in [0.25, 0.3) is 0 Å². The number of carbonyl (C=O) groups is 1. The standard InChI is InChI=1S/C17H12ClNO/c1-11(20)14-8-6-13(10-15(14)18)17-9-7-12-4-2-3-5-16(12)19-17/h2-10H,1H3. The first-order valence-electron chi connectivity index (χ1n) is 6.32. The number of hydrogen-bond acceptors (Lipinski definition) is 2. The van der Waals surface area contributed by atoms with Crippen LogP contribution in [0, 0.1) is 0 Å². The third kappa shape index (κ3) is 2.30. The molecule has 2 aromatic carbocycles. The van der Waals surface area contributed by atoms with E-state index in [-0.39, 0.29) is 5.78 Å². The molecule has 0 spiro atoms. The molecule has 0 unspecified atom stereocenters. The Labute approximate surface area is 122 Å². The van der Waals surface area contributed by atoms with Gasteiger partial charge in [-0.1, -0.05) is 41.9 Å². The fraction of sp³-hybridized carbons (Fsp3) is 0.0588. The number of hydrogen-bond donors (Lipinski definition) is 0. The van der Waals surface area contributed by atoms with E-state index in [9.17, 15) is 4.79 Å². The van der Waals surface area contributed by atoms with Crippen LogP contribution in [0.4, 0.5) is 0 Å². The maximum Gasteiger partial charge on any atom is 0.161 e. The molecule has 3 aromatic rings. The molecule has 0 radical (unpaired) electrons. The van der Waals surface area contributed by atoms with Gasteiger partial charge >= 0.3 is 0 Å². The number of nitrogens with zero attached hydrogens (tertiary/aromatic N) is 1. The van der Waals surface area contributed by atoms with Gasteiger partial charge in [0.1, 0.15) is 0 Å². The summed E-state index contributed by atoms with van der Waals surface area (Å²) in [5, 5.41) is 1.56. The zero-order chi connectivity index (χ0) is 14.1. The number of rotatable bonds is 2. The number of aromatic nitrogens is 1. The molecule has 2 nitrogen and oxygen atoms in total. The zero-order valence-corrected chi connectivity index (χ0v) is 11.7. The van der Waals surface area contributed by atoms with Gasteiger partial charge < -0.3 is 0 Å². The van der Waals surface area contributed by atoms with E-state index in [1.807, 2.05) is 42.5 Å². The molecule has 0 N–H and O–H groups in total. The lowest BCUT2D eigenvalue weighted by Crippen LogP contribution is -1.94. The molecule has 3 heteroatoms. The van der Waals surface area contributed by atoms with Crippen molar-refractivity contribution in [1.29, 1.82) is 0 Å². The quantitative estimate of drug-likeness (QED) is 0.634. The first-order chi connectivity index (χ1) is 9.65. The number of pyridine rings is 1. The van der Waals surface area contributed by atoms with Crippen molar-refractivity contribution in [2.75, 3.05) is 0 Å². The Morgan fingerprint density at radius 2 is 1.85 bits per heavy atom. The molecule has 1 aromatic heterocycles. The molecule has 0 aliphatic heterocycles. The molecule has 98 valence electrons. The van der Waals surface area contributed by atoms with Gasteiger partial charge in [0.05, 0.1) is 16.2 Å². The van der Waals surface area contributed by atoms with Crippen molar-refractivity contribution in [3.05, 3.63) is 65.2 Å². The van der Waals surface area contributed by atoms with Gasteiger partial charge in [0.15, 0.2) is 5.78 Å². The predicted molar refractivity (Wildman–Crippen MR) is 82.2 cm³/mol. The van der Waals surface area contributed by atoms with Crippen LogP contribution in [-0.2, 0) is 0 Å². The molecule has 0 aliphatic carbocycles. The van der Waals surface area contributed by atoms with E-state index in [0.29, 0.717) is 10.6 Å². The minimum atomic E-state index is -0.0342. The molecule has 0 saturated heterocycles. The summed E-state index contributed by atoms with van der Waals surface area (Å²) in [6, 6.07) is 17.4. The number of Topliss-reactive ketones (excluding diaryl/α,β-unsaturated/α-hetero) is 1. The van der Waals surface area contributed by atoms with Gasteiger partial charge in [-0.3, -0.25) is 4.79 Å². The lowest BCUT2D eigenvalue weighted by Gasteiger charge is -2.06. The van der Waals surface area contributed by atoms with Crippen molar-refractivity contribution in [2.24, 2.45) is 0 Å². The molecular weight excluding hydrogens is 270 g/mol. The summed E-state index contributed by atoms with van der Waals surface area (Å²) in [7, 11) is 0. The van der Waals surface area contributed by atoms with Crippen molar-refractivity contribution in [1.82, 2.24) is 4.98 Å². The van der Waals surface area contributed by atoms with E-state index in [0.717, 1.165) is 22.2 Å². The molecule has 0 saturated carbocycles. The average Bonchev–Trinajstić information content (AvgIpc) is 2.46. The van der Waals surface area contributed by atoms with Crippen LogP contribution >= 0.6 is 11.6 Å². The second-order valence-corrected chi connectivity index (χ2v) is 5.05. The molecule has 20 heavy (non-hydrogen) atoms. The van der Waals surface area contributed by atoms with Crippen molar-refractivity contribution in [2.45, 2.75) is 6.92 Å². The Morgan fingerprint density at radius 3 is 2.60 bits per heavy atom. The number of carbonyl (C=O) groups excluding carboxylic acids is 1. The summed E-state index contributed by atoms with van der Waals surface area (Å²) in [6.07, 6.45) is 0. The molecule has 0 bridgehead atoms. The topological polar surface area (TPSA) is 30.0 Å². The SMILES string of the molecule is CC(=O)c1ccc(-c2ccc3ccccc3n2)cc1Cl. The highest BCUT2D eigenvalue weighted by Crippen LogP contribution is 2.26. The molecule has 1 heterocycles. The number of ketones is 1. The summed E-state index contributed by atoms with van der Waals surface area (Å²) in [5.74, 6) is -0.0342. The minimum absolute atomic E-state index is 0.0342. The summed E-state index contributed by atoms with van der Waals surface area (Å²) >= 11 is 6.14. The van der Waals surface area contributed by atoms with E-state index in [4.69, 9.17) is 11.6 Å². The van der Waals surface area contributed by atoms with E-state index < -0.39 is 0 Å². The predicted octanol–water partition coefficient (Wildman–Crippen LogP) is 4.76. The first-order valence-corrected chi connectivity index (χ1v) is 6.69. The highest BCUT2D eigenvalue weighted by atomic mass is 35.5. The highest BCUT2D eigenvalue weighted by Gasteiger charge is 2.08. The number of benzene rings is 2. The van der Waals surface area contributed by atoms with Crippen molar-refractivity contribution in [3.8, 4) is 11.3 Å². The Balaban J connectivity index is 2.11. The Hall–Kier alpha value is -2.19. The summed E-state index contributed by atoms with van der Waals surface area (Å²) in [6.45, 7) is 1.51. The van der Waals surface area contributed by atoms with Gasteiger partial charge in [-0.05, 0) is 31.2 Å². The van der Waals surface area contributed by atoms with Crippen LogP contribution in [0.2, 0.25) is 5.02 Å². The van der Waals surface area contributed by atoms with E-state index in [1.54, 1.807) is 12.1 Å². The molecule has 3 rings (SSSR count). The van der Waals surface area contributed by atoms with Crippen LogP contribution in [-0.4, -0.2) is 10.8 Å². The highest BCUT2D eigenvalue weighted by molar-refractivity contribution is 6.34. The second-order valence-electron chi connectivity index (χ2n) is 4.64. The maximum absolute atomic E-state index is 11.4. The van der Waals surface area contributed by atoms with E-state index in [2.05, 4.69) is 4.98 Å². The maximum atomic E-state index is 11.4. The Morgan fingerprint density at radius 1 is 1.05 bits per heavy atom. The number of fused-ring (bicyclic) bond motifs is 1. The van der Waals surface area contributed by atoms with Gasteiger partial charge in [0.2, 0.25) is 0 Å². The van der Waals surface area contributed by atoms with Gasteiger partial charge in [-0.15, -0.1) is 0 Å². The van der Waals surface area contributed by atoms with Crippen LogP contribution in [0.25, 0.3) is 22.2 Å². The van der Waals surface area contributed by atoms with Crippen molar-refractivity contribution in [3.63, 3.8) is 0 Å². The van der Waals surface area contributed by atoms with Crippen LogP contribution in [0.3, 0.4) is 0 Å². The zero-order valence-electron chi connectivity index (χ0n) is 10.9. The molecule has 0 amide bonds. The van der Waals surface area contributed by atoms with Crippen molar-refractivity contribution < 1.29 is 4.79 Å². The Bertz CT molecular complexity index is 811. The fourth-order valence-electron chi connectivity index (χ4n) is 2.19. The lowest BCUT2D eigenvalue weighted by molar-refractivity contribution is 0.101. The monoisotopic (exact) mass is 281 g/mol. The molecule has 0 fully saturated rings. The van der Waals surface area contributed by atoms with Crippen LogP contribution in [0.5, 0.6) is 0 Å². The third-order valence-electron chi connectivity index (χ3n) is 3.24. The molecular formula is C17H12ClNO. The van der Waals surface area contributed by atoms with Crippen LogP contribution in [0.15, 0.2) is 54.6 Å². The summed E-state index contributed by atoms with van der Waals surface area (Å²) in [4.78, 5) is 16.0. The molecule has 0 aliphatic rings. The fourth-order valence-corrected chi connectivity index (χ4v) is 2.50. The van der Waals surface area contributed by atoms with Crippen LogP contribution < -0.4 is 0 Å². The number of halogens is 1. The lowest BCUT2D eigenvalue weighted by atomic mass is 10.1. The largest absolute Gasteiger partial charge is 0.294 e. The normalized spacial score (nSPS) is 10.7. The third-order valence-corrected chi connectivity index (χ3v) is 3.56. The molecule has 0 atom stereocenters. The second kappa shape index (κ2) is 5.06. The number of para-hydroxylation sites is 1. The Kier molecular flexibility index (Phi) is 3.25. The van der Waals surface area contributed by atoms with Crippen molar-refractivity contribution >= 4 is 28.3 Å². The van der Waals surface area contributed by atoms with E-state index in [1.165, 1.54) is 6.92 Å². The van der Waals surface area contributed by atoms with Gasteiger partial charge in [0, 0.05) is 16.5 Å². The van der Waals surface area contributed by atoms with E-state index >= 15 is 0 Å².